The minimum Gasteiger partial charge on any atom is -0.475 e. The molecule has 7 rings (SSSR count). The Morgan fingerprint density at radius 3 is 2.33 bits per heavy atom. The Bertz CT molecular complexity index is 1140. The van der Waals surface area contributed by atoms with Crippen LogP contribution in [0.3, 0.4) is 0 Å². The van der Waals surface area contributed by atoms with Crippen LogP contribution in [0, 0.1) is 40.4 Å². The lowest BCUT2D eigenvalue weighted by atomic mass is 9.46. The number of rotatable bonds is 7. The molecule has 218 valence electrons. The number of carboxylic acid groups (broad SMARTS) is 1. The fourth-order valence-corrected chi connectivity index (χ4v) is 8.47. The molecule has 1 aromatic rings. The number of hydrogen-bond acceptors (Lipinski definition) is 6. The molecule has 4 bridgehead atoms. The van der Waals surface area contributed by atoms with Crippen LogP contribution in [0.25, 0.3) is 0 Å². The molecule has 5 N–H and O–H groups in total. The van der Waals surface area contributed by atoms with Gasteiger partial charge in [-0.2, -0.15) is 18.4 Å². The molecule has 1 amide bonds. The van der Waals surface area contributed by atoms with E-state index in [1.165, 1.54) is 12.0 Å². The van der Waals surface area contributed by atoms with E-state index in [0.717, 1.165) is 38.5 Å². The maximum Gasteiger partial charge on any atom is 0.490 e. The Hall–Kier alpha value is -2.68. The summed E-state index contributed by atoms with van der Waals surface area (Å²) in [7, 11) is 0. The van der Waals surface area contributed by atoms with Gasteiger partial charge < -0.3 is 26.2 Å². The van der Waals surface area contributed by atoms with Crippen LogP contribution in [0.15, 0.2) is 30.3 Å². The average molecular weight is 563 g/mol. The standard InChI is InChI=1S/C27H36N4O2.C2HF3O2/c28-13-23-22-8-20(22)15-31(23)25(32)24(30-14-21(29)7-17-4-2-1-3-5-17)26-9-18-6-19(10-26)12-27(33,11-18)16-26;3-2(4,5)1(6)7/h1-5,18-24,30,33H,6-12,14-16,29H2;(H,6,7). The number of nitriles is 1. The summed E-state index contributed by atoms with van der Waals surface area (Å²) >= 11 is 0. The van der Waals surface area contributed by atoms with Gasteiger partial charge in [0.25, 0.3) is 0 Å². The number of likely N-dealkylation sites (tertiary alicyclic amines) is 1. The van der Waals surface area contributed by atoms with E-state index in [9.17, 15) is 28.3 Å². The Labute approximate surface area is 231 Å². The molecule has 0 radical (unpaired) electrons. The molecule has 1 saturated heterocycles. The van der Waals surface area contributed by atoms with Crippen LogP contribution in [0.2, 0.25) is 0 Å². The van der Waals surface area contributed by atoms with Crippen molar-refractivity contribution in [2.45, 2.75) is 81.3 Å². The molecule has 8 nitrogen and oxygen atoms in total. The van der Waals surface area contributed by atoms with Crippen LogP contribution in [0.4, 0.5) is 13.2 Å². The van der Waals surface area contributed by atoms with Gasteiger partial charge in [-0.15, -0.1) is 0 Å². The molecule has 11 heteroatoms. The van der Waals surface area contributed by atoms with Crippen LogP contribution >= 0.6 is 0 Å². The lowest BCUT2D eigenvalue weighted by molar-refractivity contribution is -0.192. The first-order valence-corrected chi connectivity index (χ1v) is 14.1. The zero-order valence-corrected chi connectivity index (χ0v) is 22.3. The number of aliphatic hydroxyl groups is 1. The van der Waals surface area contributed by atoms with Crippen molar-refractivity contribution in [1.29, 1.82) is 5.26 Å². The molecule has 1 aromatic carbocycles. The summed E-state index contributed by atoms with van der Waals surface area (Å²) in [6.07, 6.45) is 2.41. The van der Waals surface area contributed by atoms with Crippen molar-refractivity contribution in [1.82, 2.24) is 10.2 Å². The minimum absolute atomic E-state index is 0.0752. The fourth-order valence-electron chi connectivity index (χ4n) is 8.47. The molecule has 6 fully saturated rings. The largest absolute Gasteiger partial charge is 0.490 e. The summed E-state index contributed by atoms with van der Waals surface area (Å²) in [5.41, 5.74) is 6.86. The third-order valence-electron chi connectivity index (χ3n) is 9.67. The van der Waals surface area contributed by atoms with Crippen molar-refractivity contribution in [3.8, 4) is 6.07 Å². The number of carbonyl (C=O) groups is 2. The molecule has 0 spiro atoms. The van der Waals surface area contributed by atoms with Gasteiger partial charge in [0, 0.05) is 19.1 Å². The van der Waals surface area contributed by atoms with E-state index in [-0.39, 0.29) is 29.4 Å². The number of carbonyl (C=O) groups excluding carboxylic acids is 1. The maximum absolute atomic E-state index is 14.1. The van der Waals surface area contributed by atoms with Gasteiger partial charge >= 0.3 is 12.1 Å². The number of piperidine rings is 1. The quantitative estimate of drug-likeness (QED) is 0.401. The summed E-state index contributed by atoms with van der Waals surface area (Å²) in [6.45, 7) is 1.27. The second kappa shape index (κ2) is 10.6. The number of nitrogens with zero attached hydrogens (tertiary/aromatic N) is 2. The van der Waals surface area contributed by atoms with E-state index in [1.54, 1.807) is 0 Å². The van der Waals surface area contributed by atoms with E-state index in [4.69, 9.17) is 15.6 Å². The third kappa shape index (κ3) is 5.85. The number of fused-ring (bicyclic) bond motifs is 1. The van der Waals surface area contributed by atoms with Crippen molar-refractivity contribution >= 4 is 11.9 Å². The normalized spacial score (nSPS) is 36.6. The van der Waals surface area contributed by atoms with Crippen molar-refractivity contribution in [2.24, 2.45) is 34.8 Å². The van der Waals surface area contributed by atoms with Gasteiger partial charge in [0.05, 0.1) is 17.7 Å². The lowest BCUT2D eigenvalue weighted by Gasteiger charge is -2.62. The third-order valence-corrected chi connectivity index (χ3v) is 9.67. The zero-order valence-electron chi connectivity index (χ0n) is 22.3. The summed E-state index contributed by atoms with van der Waals surface area (Å²) in [4.78, 5) is 24.8. The van der Waals surface area contributed by atoms with Crippen molar-refractivity contribution in [3.05, 3.63) is 35.9 Å². The molecule has 1 aliphatic heterocycles. The molecule has 0 aromatic heterocycles. The van der Waals surface area contributed by atoms with Crippen LogP contribution in [-0.4, -0.2) is 70.0 Å². The highest BCUT2D eigenvalue weighted by Gasteiger charge is 2.63. The number of aliphatic carboxylic acids is 1. The summed E-state index contributed by atoms with van der Waals surface area (Å²) in [6, 6.07) is 11.9. The highest BCUT2D eigenvalue weighted by molar-refractivity contribution is 5.84. The topological polar surface area (TPSA) is 140 Å². The van der Waals surface area contributed by atoms with E-state index in [0.29, 0.717) is 43.2 Å². The Morgan fingerprint density at radius 1 is 1.15 bits per heavy atom. The molecule has 40 heavy (non-hydrogen) atoms. The fraction of sp³-hybridized carbons (Fsp3) is 0.690. The second-order valence-electron chi connectivity index (χ2n) is 12.9. The highest BCUT2D eigenvalue weighted by Crippen LogP contribution is 2.63. The predicted octanol–water partition coefficient (Wildman–Crippen LogP) is 2.85. The van der Waals surface area contributed by atoms with Crippen LogP contribution in [-0.2, 0) is 16.0 Å². The first-order chi connectivity index (χ1) is 18.8. The lowest BCUT2D eigenvalue weighted by Crippen LogP contribution is -2.66. The van der Waals surface area contributed by atoms with E-state index >= 15 is 0 Å². The van der Waals surface area contributed by atoms with E-state index < -0.39 is 17.7 Å². The van der Waals surface area contributed by atoms with Gasteiger partial charge in [0.1, 0.15) is 6.04 Å². The molecule has 5 aliphatic carbocycles. The molecule has 7 unspecified atom stereocenters. The van der Waals surface area contributed by atoms with Crippen LogP contribution in [0.1, 0.15) is 50.5 Å². The molecule has 6 aliphatic rings. The van der Waals surface area contributed by atoms with E-state index in [2.05, 4.69) is 23.5 Å². The molecule has 7 atom stereocenters. The van der Waals surface area contributed by atoms with Gasteiger partial charge in [-0.1, -0.05) is 30.3 Å². The monoisotopic (exact) mass is 562 g/mol. The Kier molecular flexibility index (Phi) is 7.66. The SMILES string of the molecule is N#CC1C2CC2CN1C(=O)C(NCC(N)Cc1ccccc1)C12CC3CC(CC(O)(C3)C1)C2.O=C(O)C(F)(F)F. The molecular weight excluding hydrogens is 525 g/mol. The Morgan fingerprint density at radius 2 is 1.77 bits per heavy atom. The Balaban J connectivity index is 0.000000411. The molecule has 1 heterocycles. The van der Waals surface area contributed by atoms with E-state index in [1.807, 2.05) is 23.1 Å². The highest BCUT2D eigenvalue weighted by atomic mass is 19.4. The average Bonchev–Trinajstić information content (AvgIpc) is 3.52. The number of amides is 1. The van der Waals surface area contributed by atoms with Gasteiger partial charge in [-0.3, -0.25) is 4.79 Å². The summed E-state index contributed by atoms with van der Waals surface area (Å²) in [5, 5.41) is 31.9. The number of benzene rings is 1. The maximum atomic E-state index is 14.1. The summed E-state index contributed by atoms with van der Waals surface area (Å²) < 4.78 is 31.7. The molecule has 5 saturated carbocycles. The smallest absolute Gasteiger partial charge is 0.475 e. The van der Waals surface area contributed by atoms with Crippen LogP contribution in [0.5, 0.6) is 0 Å². The van der Waals surface area contributed by atoms with Crippen LogP contribution < -0.4 is 11.1 Å². The van der Waals surface area contributed by atoms with Crippen molar-refractivity contribution in [3.63, 3.8) is 0 Å². The first-order valence-electron chi connectivity index (χ1n) is 14.1. The zero-order chi connectivity index (χ0) is 28.9. The number of nitrogens with one attached hydrogen (secondary N) is 1. The number of alkyl halides is 3. The number of nitrogens with two attached hydrogens (primary N) is 1. The second-order valence-corrected chi connectivity index (χ2v) is 12.9. The molecular formula is C29H37F3N4O4. The first kappa shape index (κ1) is 28.8. The van der Waals surface area contributed by atoms with Gasteiger partial charge in [-0.25, -0.2) is 4.79 Å². The predicted molar refractivity (Wildman–Crippen MR) is 138 cm³/mol. The van der Waals surface area contributed by atoms with Crippen molar-refractivity contribution < 1.29 is 33.0 Å². The van der Waals surface area contributed by atoms with Gasteiger partial charge in [0.2, 0.25) is 5.91 Å². The number of carboxylic acids is 1. The van der Waals surface area contributed by atoms with Gasteiger partial charge in [-0.05, 0) is 86.0 Å². The summed E-state index contributed by atoms with van der Waals surface area (Å²) in [5.74, 6) is -0.811. The number of halogens is 3. The van der Waals surface area contributed by atoms with Gasteiger partial charge in [0.15, 0.2) is 0 Å². The number of hydrogen-bond donors (Lipinski definition) is 4. The minimum atomic E-state index is -5.08. The van der Waals surface area contributed by atoms with Crippen molar-refractivity contribution in [2.75, 3.05) is 13.1 Å².